The van der Waals surface area contributed by atoms with E-state index in [1.165, 1.54) is 32.4 Å². The monoisotopic (exact) mass is 154 g/mol. The van der Waals surface area contributed by atoms with Crippen molar-refractivity contribution >= 4 is 0 Å². The first-order chi connectivity index (χ1) is 5.31. The van der Waals surface area contributed by atoms with Gasteiger partial charge in [-0.1, -0.05) is 6.92 Å². The molecule has 2 bridgehead atoms. The number of piperidine rings is 2. The molecule has 2 aliphatic heterocycles. The molecular formula is C9H18N2. The zero-order chi connectivity index (χ0) is 7.84. The highest BCUT2D eigenvalue weighted by Crippen LogP contribution is 2.33. The molecule has 3 aliphatic rings. The van der Waals surface area contributed by atoms with Gasteiger partial charge in [-0.3, -0.25) is 0 Å². The second-order valence-corrected chi connectivity index (χ2v) is 3.98. The van der Waals surface area contributed by atoms with Crippen LogP contribution in [0.25, 0.3) is 0 Å². The van der Waals surface area contributed by atoms with Crippen LogP contribution in [0.3, 0.4) is 0 Å². The van der Waals surface area contributed by atoms with Gasteiger partial charge in [0.25, 0.3) is 0 Å². The molecule has 2 nitrogen and oxygen atoms in total. The average Bonchev–Trinajstić information content (AvgIpc) is 2.05. The van der Waals surface area contributed by atoms with Gasteiger partial charge in [-0.25, -0.2) is 0 Å². The molecule has 3 atom stereocenters. The normalized spacial score (nSPS) is 44.7. The molecule has 0 aromatic heterocycles. The van der Waals surface area contributed by atoms with E-state index < -0.39 is 0 Å². The van der Waals surface area contributed by atoms with Crippen molar-refractivity contribution in [2.75, 3.05) is 13.1 Å². The summed E-state index contributed by atoms with van der Waals surface area (Å²) >= 11 is 0. The van der Waals surface area contributed by atoms with Gasteiger partial charge in [0.15, 0.2) is 0 Å². The minimum Gasteiger partial charge on any atom is -0.327 e. The van der Waals surface area contributed by atoms with Gasteiger partial charge in [0.05, 0.1) is 0 Å². The summed E-state index contributed by atoms with van der Waals surface area (Å²) in [5, 5.41) is 0. The summed E-state index contributed by atoms with van der Waals surface area (Å²) in [4.78, 5) is 2.59. The van der Waals surface area contributed by atoms with Crippen molar-refractivity contribution in [2.45, 2.75) is 38.3 Å². The van der Waals surface area contributed by atoms with Crippen molar-refractivity contribution < 1.29 is 0 Å². The lowest BCUT2D eigenvalue weighted by atomic mass is 9.76. The van der Waals surface area contributed by atoms with Crippen LogP contribution < -0.4 is 5.73 Å². The standard InChI is InChI=1S/C9H18N2/c1-2-11-6-7-3-4-8(11)5-9(7)10/h7-9H,2-6,10H2,1H3. The predicted molar refractivity (Wildman–Crippen MR) is 46.4 cm³/mol. The van der Waals surface area contributed by atoms with E-state index in [2.05, 4.69) is 11.8 Å². The Balaban J connectivity index is 2.04. The van der Waals surface area contributed by atoms with Gasteiger partial charge in [0.1, 0.15) is 0 Å². The summed E-state index contributed by atoms with van der Waals surface area (Å²) in [5.41, 5.74) is 6.01. The lowest BCUT2D eigenvalue weighted by Gasteiger charge is -2.48. The summed E-state index contributed by atoms with van der Waals surface area (Å²) in [6.45, 7) is 4.74. The van der Waals surface area contributed by atoms with Crippen molar-refractivity contribution in [3.05, 3.63) is 0 Å². The molecule has 64 valence electrons. The molecule has 2 heteroatoms. The lowest BCUT2D eigenvalue weighted by Crippen LogP contribution is -2.56. The molecule has 2 N–H and O–H groups in total. The zero-order valence-corrected chi connectivity index (χ0v) is 7.29. The number of fused-ring (bicyclic) bond motifs is 3. The molecule has 0 amide bonds. The third kappa shape index (κ3) is 1.18. The molecule has 0 spiro atoms. The van der Waals surface area contributed by atoms with Crippen LogP contribution in [-0.2, 0) is 0 Å². The third-order valence-electron chi connectivity index (χ3n) is 3.41. The summed E-state index contributed by atoms with van der Waals surface area (Å²) in [6, 6.07) is 1.33. The molecule has 3 fully saturated rings. The van der Waals surface area contributed by atoms with Gasteiger partial charge in [-0.15, -0.1) is 0 Å². The largest absolute Gasteiger partial charge is 0.327 e. The number of nitrogens with zero attached hydrogens (tertiary/aromatic N) is 1. The number of hydrogen-bond donors (Lipinski definition) is 1. The van der Waals surface area contributed by atoms with E-state index in [1.54, 1.807) is 0 Å². The van der Waals surface area contributed by atoms with Gasteiger partial charge in [-0.2, -0.15) is 0 Å². The van der Waals surface area contributed by atoms with E-state index in [-0.39, 0.29) is 0 Å². The van der Waals surface area contributed by atoms with E-state index in [0.717, 1.165) is 12.0 Å². The summed E-state index contributed by atoms with van der Waals surface area (Å²) in [6.07, 6.45) is 4.02. The first kappa shape index (κ1) is 7.56. The average molecular weight is 154 g/mol. The van der Waals surface area contributed by atoms with Crippen molar-refractivity contribution in [3.8, 4) is 0 Å². The Bertz CT molecular complexity index is 146. The Morgan fingerprint density at radius 2 is 2.27 bits per heavy atom. The molecular weight excluding hydrogens is 136 g/mol. The quantitative estimate of drug-likeness (QED) is 0.606. The summed E-state index contributed by atoms with van der Waals surface area (Å²) < 4.78 is 0. The second-order valence-electron chi connectivity index (χ2n) is 3.98. The van der Waals surface area contributed by atoms with Crippen LogP contribution in [0, 0.1) is 5.92 Å². The third-order valence-corrected chi connectivity index (χ3v) is 3.41. The highest BCUT2D eigenvalue weighted by atomic mass is 15.2. The molecule has 11 heavy (non-hydrogen) atoms. The maximum atomic E-state index is 6.01. The molecule has 1 aliphatic carbocycles. The zero-order valence-electron chi connectivity index (χ0n) is 7.29. The van der Waals surface area contributed by atoms with Crippen molar-refractivity contribution in [1.82, 2.24) is 4.90 Å². The van der Waals surface area contributed by atoms with E-state index in [1.807, 2.05) is 0 Å². The Kier molecular flexibility index (Phi) is 1.90. The summed E-state index contributed by atoms with van der Waals surface area (Å²) in [5.74, 6) is 0.806. The molecule has 0 radical (unpaired) electrons. The van der Waals surface area contributed by atoms with E-state index in [9.17, 15) is 0 Å². The number of rotatable bonds is 1. The van der Waals surface area contributed by atoms with Gasteiger partial charge in [0, 0.05) is 18.6 Å². The topological polar surface area (TPSA) is 29.3 Å². The van der Waals surface area contributed by atoms with E-state index in [4.69, 9.17) is 5.73 Å². The van der Waals surface area contributed by atoms with Crippen LogP contribution >= 0.6 is 0 Å². The van der Waals surface area contributed by atoms with Crippen LogP contribution in [-0.4, -0.2) is 30.1 Å². The van der Waals surface area contributed by atoms with Gasteiger partial charge >= 0.3 is 0 Å². The second kappa shape index (κ2) is 2.76. The fourth-order valence-electron chi connectivity index (χ4n) is 2.64. The lowest BCUT2D eigenvalue weighted by molar-refractivity contribution is 0.0385. The molecule has 2 heterocycles. The van der Waals surface area contributed by atoms with Crippen LogP contribution in [0.2, 0.25) is 0 Å². The van der Waals surface area contributed by atoms with Crippen molar-refractivity contribution in [1.29, 1.82) is 0 Å². The molecule has 1 saturated carbocycles. The van der Waals surface area contributed by atoms with E-state index >= 15 is 0 Å². The Morgan fingerprint density at radius 1 is 1.45 bits per heavy atom. The van der Waals surface area contributed by atoms with Gasteiger partial charge in [-0.05, 0) is 31.7 Å². The predicted octanol–water partition coefficient (Wildman–Crippen LogP) is 0.818. The first-order valence-electron chi connectivity index (χ1n) is 4.81. The van der Waals surface area contributed by atoms with E-state index in [0.29, 0.717) is 6.04 Å². The van der Waals surface area contributed by atoms with Crippen molar-refractivity contribution in [3.63, 3.8) is 0 Å². The molecule has 3 rings (SSSR count). The summed E-state index contributed by atoms with van der Waals surface area (Å²) in [7, 11) is 0. The van der Waals surface area contributed by atoms with Crippen LogP contribution in [0.1, 0.15) is 26.2 Å². The first-order valence-corrected chi connectivity index (χ1v) is 4.81. The number of hydrogen-bond acceptors (Lipinski definition) is 2. The van der Waals surface area contributed by atoms with Gasteiger partial charge in [0.2, 0.25) is 0 Å². The van der Waals surface area contributed by atoms with Crippen LogP contribution in [0.15, 0.2) is 0 Å². The highest BCUT2D eigenvalue weighted by molar-refractivity contribution is 4.94. The SMILES string of the molecule is CCN1CC2CCC1CC2N. The fourth-order valence-corrected chi connectivity index (χ4v) is 2.64. The maximum Gasteiger partial charge on any atom is 0.0110 e. The number of nitrogens with two attached hydrogens (primary N) is 1. The molecule has 0 aromatic carbocycles. The highest BCUT2D eigenvalue weighted by Gasteiger charge is 2.37. The van der Waals surface area contributed by atoms with Crippen LogP contribution in [0.4, 0.5) is 0 Å². The maximum absolute atomic E-state index is 6.01. The molecule has 2 saturated heterocycles. The fraction of sp³-hybridized carbons (Fsp3) is 1.00. The van der Waals surface area contributed by atoms with Crippen molar-refractivity contribution in [2.24, 2.45) is 11.7 Å². The Morgan fingerprint density at radius 3 is 2.73 bits per heavy atom. The van der Waals surface area contributed by atoms with Gasteiger partial charge < -0.3 is 10.6 Å². The minimum atomic E-state index is 0.511. The Hall–Kier alpha value is -0.0800. The molecule has 0 aromatic rings. The molecule has 3 unspecified atom stereocenters. The van der Waals surface area contributed by atoms with Crippen LogP contribution in [0.5, 0.6) is 0 Å². The smallest absolute Gasteiger partial charge is 0.0110 e. The Labute approximate surface area is 68.7 Å². The minimum absolute atomic E-state index is 0.511.